The fraction of sp³-hybridized carbons (Fsp3) is 0.635. The van der Waals surface area contributed by atoms with Gasteiger partial charge in [0.2, 0.25) is 5.60 Å². The van der Waals surface area contributed by atoms with Gasteiger partial charge in [0.25, 0.3) is 0 Å². The maximum atomic E-state index is 15.6. The number of aliphatic hydroxyl groups is 2. The summed E-state index contributed by atoms with van der Waals surface area (Å²) in [5, 5.41) is 26.6. The molecule has 0 amide bonds. The molecular weight excluding hydrogens is 825 g/mol. The average Bonchev–Trinajstić information content (AvgIpc) is 3.96. The number of aromatic amines is 1. The van der Waals surface area contributed by atoms with Crippen molar-refractivity contribution in [2.24, 2.45) is 22.7 Å². The number of fused-ring (bicyclic) bond motifs is 6. The molecule has 13 nitrogen and oxygen atoms in total. The molecule has 3 unspecified atom stereocenters. The van der Waals surface area contributed by atoms with E-state index < -0.39 is 69.5 Å². The summed E-state index contributed by atoms with van der Waals surface area (Å²) >= 11 is 0. The molecule has 3 saturated heterocycles. The summed E-state index contributed by atoms with van der Waals surface area (Å²) in [7, 11) is 6.28. The number of esters is 3. The lowest BCUT2D eigenvalue weighted by Crippen LogP contribution is -2.79. The van der Waals surface area contributed by atoms with Crippen molar-refractivity contribution in [1.82, 2.24) is 19.7 Å². The van der Waals surface area contributed by atoms with Crippen LogP contribution < -0.4 is 0 Å². The number of ether oxygens (including phenoxy) is 4. The molecule has 65 heavy (non-hydrogen) atoms. The number of carbonyl (C=O) groups is 3. The van der Waals surface area contributed by atoms with E-state index in [9.17, 15) is 19.8 Å². The maximum Gasteiger partial charge on any atom is 0.344 e. The zero-order chi connectivity index (χ0) is 46.3. The summed E-state index contributed by atoms with van der Waals surface area (Å²) < 4.78 is 24.3. The molecule has 9 rings (SSSR count). The number of H-pyrrole nitrogens is 1. The number of hydrogen-bond donors (Lipinski definition) is 3. The van der Waals surface area contributed by atoms with E-state index in [0.717, 1.165) is 58.3 Å². The highest BCUT2D eigenvalue weighted by Crippen LogP contribution is 2.70. The van der Waals surface area contributed by atoms with Crippen molar-refractivity contribution in [1.29, 1.82) is 0 Å². The molecule has 3 N–H and O–H groups in total. The Labute approximate surface area is 383 Å². The standard InChI is InChI=1S/C52H68N4O9/c1-9-12-13-14-16-33-17-18-39-36(25-33)35-19-23-55-30-34(28-48(60,10-2)31-55)29-51(42(35)53-39,46(58)63-7)38-26-37-40(27-41(38)62-6)54(5)44-50(37)21-24-56-22-15-20-49(11-3,43(50)56)45(65-32(4)57)52(44,61)47(59)64-8/h15,17-18,20,25-27,34,38,41,43-45,53,60-61H,9-13,19,21-24,28-31H2,1-8H3/t34-,38?,41?,43+,44-,45-,48+,49-,50-,51+,52+/m1/s1. The molecule has 350 valence electrons. The van der Waals surface area contributed by atoms with Gasteiger partial charge in [0.15, 0.2) is 6.10 Å². The highest BCUT2D eigenvalue weighted by molar-refractivity contribution is 5.92. The van der Waals surface area contributed by atoms with Crippen molar-refractivity contribution in [3.8, 4) is 11.8 Å². The lowest BCUT2D eigenvalue weighted by molar-refractivity contribution is -0.243. The van der Waals surface area contributed by atoms with Gasteiger partial charge in [-0.3, -0.25) is 19.4 Å². The molecule has 4 fully saturated rings. The topological polar surface area (TPSA) is 154 Å². The first-order valence-corrected chi connectivity index (χ1v) is 23.9. The Bertz CT molecular complexity index is 2410. The maximum absolute atomic E-state index is 15.6. The van der Waals surface area contributed by atoms with E-state index in [4.69, 9.17) is 18.9 Å². The van der Waals surface area contributed by atoms with E-state index in [2.05, 4.69) is 70.0 Å². The number of benzene rings is 1. The van der Waals surface area contributed by atoms with Gasteiger partial charge in [-0.15, -0.1) is 0 Å². The van der Waals surface area contributed by atoms with Gasteiger partial charge in [-0.25, -0.2) is 4.79 Å². The zero-order valence-corrected chi connectivity index (χ0v) is 39.5. The lowest BCUT2D eigenvalue weighted by atomic mass is 9.47. The Hall–Kier alpha value is -4.45. The average molecular weight is 893 g/mol. The van der Waals surface area contributed by atoms with Crippen LogP contribution in [0.5, 0.6) is 0 Å². The second kappa shape index (κ2) is 16.7. The Morgan fingerprint density at radius 2 is 1.77 bits per heavy atom. The van der Waals surface area contributed by atoms with Gasteiger partial charge < -0.3 is 39.0 Å². The number of nitrogens with one attached hydrogen (secondary N) is 1. The quantitative estimate of drug-likeness (QED) is 0.100. The van der Waals surface area contributed by atoms with Gasteiger partial charge in [0, 0.05) is 104 Å². The van der Waals surface area contributed by atoms with E-state index in [-0.39, 0.29) is 12.0 Å². The minimum absolute atomic E-state index is 0.0922. The molecule has 2 aromatic rings. The molecule has 12 atom stereocenters. The van der Waals surface area contributed by atoms with Crippen LogP contribution in [0.2, 0.25) is 0 Å². The first-order valence-electron chi connectivity index (χ1n) is 23.9. The number of hydrogen-bond acceptors (Lipinski definition) is 12. The second-order valence-corrected chi connectivity index (χ2v) is 20.2. The van der Waals surface area contributed by atoms with Crippen LogP contribution >= 0.6 is 0 Å². The number of rotatable bonds is 9. The van der Waals surface area contributed by atoms with E-state index in [1.807, 2.05) is 31.9 Å². The van der Waals surface area contributed by atoms with Gasteiger partial charge in [-0.05, 0) is 92.8 Å². The largest absolute Gasteiger partial charge is 0.468 e. The molecular formula is C52H68N4O9. The summed E-state index contributed by atoms with van der Waals surface area (Å²) in [6.07, 6.45) is 12.6. The van der Waals surface area contributed by atoms with E-state index in [1.165, 1.54) is 21.1 Å². The SMILES string of the molecule is CCCCC#Cc1ccc2[nH]c3c(c2c1)CCN1C[C@H](C[C@@](O)(CC)C1)C[C@]3(C(=O)OC)C1C=C2C(=CC1OC)N(C)[C@H]1[C@@](O)(C(=O)OC)[C@H](OC(C)=O)[C@]3(CC)C=CCN4CC[C@]21[C@@H]43. The fourth-order valence-corrected chi connectivity index (χ4v) is 14.5. The Balaban J connectivity index is 1.32. The lowest BCUT2D eigenvalue weighted by Gasteiger charge is -2.63. The summed E-state index contributed by atoms with van der Waals surface area (Å²) in [5.74, 6) is 4.15. The number of carbonyl (C=O) groups excluding carboxylic acids is 3. The van der Waals surface area contributed by atoms with Crippen LogP contribution in [0, 0.1) is 34.5 Å². The fourth-order valence-electron chi connectivity index (χ4n) is 14.5. The van der Waals surface area contributed by atoms with Gasteiger partial charge >= 0.3 is 17.9 Å². The van der Waals surface area contributed by atoms with Crippen LogP contribution in [0.4, 0.5) is 0 Å². The van der Waals surface area contributed by atoms with E-state index in [0.29, 0.717) is 71.2 Å². The predicted octanol–water partition coefficient (Wildman–Crippen LogP) is 5.18. The van der Waals surface area contributed by atoms with Gasteiger partial charge in [-0.2, -0.15) is 0 Å². The van der Waals surface area contributed by atoms with Crippen molar-refractivity contribution in [2.75, 3.05) is 61.1 Å². The third-order valence-corrected chi connectivity index (χ3v) is 17.0. The van der Waals surface area contributed by atoms with Crippen LogP contribution in [0.1, 0.15) is 95.9 Å². The number of nitrogens with zero attached hydrogens (tertiary/aromatic N) is 3. The minimum atomic E-state index is -2.30. The van der Waals surface area contributed by atoms with Crippen molar-refractivity contribution in [3.63, 3.8) is 0 Å². The predicted molar refractivity (Wildman–Crippen MR) is 245 cm³/mol. The van der Waals surface area contributed by atoms with Crippen molar-refractivity contribution in [2.45, 2.75) is 126 Å². The van der Waals surface area contributed by atoms with Gasteiger partial charge in [0.05, 0.1) is 32.0 Å². The molecule has 13 heteroatoms. The first kappa shape index (κ1) is 45.7. The number of piperidine rings is 1. The molecule has 6 heterocycles. The summed E-state index contributed by atoms with van der Waals surface area (Å²) in [5.41, 5.74) is -1.13. The molecule has 1 aromatic carbocycles. The summed E-state index contributed by atoms with van der Waals surface area (Å²) in [4.78, 5) is 53.8. The molecule has 7 aliphatic rings. The van der Waals surface area contributed by atoms with Crippen molar-refractivity contribution < 1.29 is 43.5 Å². The number of methoxy groups -OCH3 is 3. The smallest absolute Gasteiger partial charge is 0.344 e. The van der Waals surface area contributed by atoms with E-state index >= 15 is 4.79 Å². The number of unbranched alkanes of at least 4 members (excludes halogenated alkanes) is 2. The third-order valence-electron chi connectivity index (χ3n) is 17.0. The molecule has 1 saturated carbocycles. The Morgan fingerprint density at radius 3 is 2.46 bits per heavy atom. The summed E-state index contributed by atoms with van der Waals surface area (Å²) in [6, 6.07) is 5.05. The summed E-state index contributed by atoms with van der Waals surface area (Å²) in [6.45, 7) is 10.8. The molecule has 0 radical (unpaired) electrons. The zero-order valence-electron chi connectivity index (χ0n) is 39.5. The molecule has 1 aromatic heterocycles. The van der Waals surface area contributed by atoms with Crippen LogP contribution in [-0.4, -0.2) is 144 Å². The number of likely N-dealkylation sites (tertiary alicyclic amines) is 1. The normalized spacial score (nSPS) is 38.1. The molecule has 1 spiro atoms. The van der Waals surface area contributed by atoms with Crippen LogP contribution in [0.25, 0.3) is 10.9 Å². The Morgan fingerprint density at radius 1 is 0.985 bits per heavy atom. The third kappa shape index (κ3) is 6.55. The highest BCUT2D eigenvalue weighted by Gasteiger charge is 2.81. The van der Waals surface area contributed by atoms with E-state index in [1.54, 1.807) is 7.11 Å². The molecule has 5 aliphatic heterocycles. The first-order chi connectivity index (χ1) is 31.2. The number of allylic oxidation sites excluding steroid dienone is 1. The van der Waals surface area contributed by atoms with Crippen LogP contribution in [-0.2, 0) is 45.2 Å². The molecule has 2 aliphatic carbocycles. The monoisotopic (exact) mass is 892 g/mol. The molecule has 2 bridgehead atoms. The highest BCUT2D eigenvalue weighted by atomic mass is 16.6. The number of aromatic nitrogens is 1. The van der Waals surface area contributed by atoms with Gasteiger partial charge in [-0.1, -0.05) is 57.3 Å². The van der Waals surface area contributed by atoms with Crippen LogP contribution in [0.15, 0.2) is 53.8 Å². The Kier molecular flexibility index (Phi) is 11.7. The van der Waals surface area contributed by atoms with Gasteiger partial charge in [0.1, 0.15) is 5.41 Å². The second-order valence-electron chi connectivity index (χ2n) is 20.2. The van der Waals surface area contributed by atoms with Crippen molar-refractivity contribution in [3.05, 3.63) is 70.6 Å². The minimum Gasteiger partial charge on any atom is -0.468 e. The van der Waals surface area contributed by atoms with Crippen LogP contribution in [0.3, 0.4) is 0 Å². The van der Waals surface area contributed by atoms with Crippen molar-refractivity contribution >= 4 is 28.8 Å². The number of likely N-dealkylation sites (N-methyl/N-ethyl adjacent to an activating group) is 1.